The SMILES string of the molecule is Cc1ccc(-c2cnc(N3CCC4NCCC4C3)nc2-c2ccc(C)cc2)cc1. The van der Waals surface area contributed by atoms with Gasteiger partial charge in [0.25, 0.3) is 0 Å². The van der Waals surface area contributed by atoms with Crippen LogP contribution in [-0.2, 0) is 0 Å². The van der Waals surface area contributed by atoms with Crippen molar-refractivity contribution in [2.75, 3.05) is 24.5 Å². The molecular formula is C25H28N4. The van der Waals surface area contributed by atoms with Crippen LogP contribution < -0.4 is 10.2 Å². The largest absolute Gasteiger partial charge is 0.340 e. The Balaban J connectivity index is 1.55. The van der Waals surface area contributed by atoms with Gasteiger partial charge in [-0.05, 0) is 44.7 Å². The van der Waals surface area contributed by atoms with Crippen molar-refractivity contribution in [3.8, 4) is 22.4 Å². The van der Waals surface area contributed by atoms with Gasteiger partial charge in [-0.2, -0.15) is 0 Å². The highest BCUT2D eigenvalue weighted by Gasteiger charge is 2.33. The third-order valence-electron chi connectivity index (χ3n) is 6.40. The molecule has 0 saturated carbocycles. The molecule has 0 bridgehead atoms. The van der Waals surface area contributed by atoms with Gasteiger partial charge in [0.1, 0.15) is 0 Å². The first-order valence-electron chi connectivity index (χ1n) is 10.7. The second-order valence-electron chi connectivity index (χ2n) is 8.51. The molecule has 0 amide bonds. The first-order chi connectivity index (χ1) is 14.2. The number of hydrogen-bond acceptors (Lipinski definition) is 4. The molecule has 29 heavy (non-hydrogen) atoms. The van der Waals surface area contributed by atoms with Crippen molar-refractivity contribution in [1.29, 1.82) is 0 Å². The highest BCUT2D eigenvalue weighted by atomic mass is 15.3. The first kappa shape index (κ1) is 18.3. The predicted octanol–water partition coefficient (Wildman–Crippen LogP) is 4.62. The lowest BCUT2D eigenvalue weighted by Gasteiger charge is -2.35. The van der Waals surface area contributed by atoms with Crippen molar-refractivity contribution in [2.45, 2.75) is 32.7 Å². The average Bonchev–Trinajstić information content (AvgIpc) is 3.22. The number of nitrogens with one attached hydrogen (secondary N) is 1. The van der Waals surface area contributed by atoms with Crippen LogP contribution in [0, 0.1) is 19.8 Å². The zero-order valence-corrected chi connectivity index (χ0v) is 17.2. The van der Waals surface area contributed by atoms with Crippen LogP contribution in [0.5, 0.6) is 0 Å². The molecular weight excluding hydrogens is 356 g/mol. The summed E-state index contributed by atoms with van der Waals surface area (Å²) in [6.45, 7) is 7.45. The number of aryl methyl sites for hydroxylation is 2. The monoisotopic (exact) mass is 384 g/mol. The van der Waals surface area contributed by atoms with Gasteiger partial charge in [-0.15, -0.1) is 0 Å². The molecule has 148 valence electrons. The maximum absolute atomic E-state index is 5.10. The summed E-state index contributed by atoms with van der Waals surface area (Å²) >= 11 is 0. The smallest absolute Gasteiger partial charge is 0.225 e. The summed E-state index contributed by atoms with van der Waals surface area (Å²) in [5.41, 5.74) is 6.94. The van der Waals surface area contributed by atoms with Gasteiger partial charge in [-0.25, -0.2) is 9.97 Å². The molecule has 2 saturated heterocycles. The Hall–Kier alpha value is -2.72. The minimum atomic E-state index is 0.676. The summed E-state index contributed by atoms with van der Waals surface area (Å²) < 4.78 is 0. The molecule has 4 heteroatoms. The van der Waals surface area contributed by atoms with Crippen LogP contribution in [0.2, 0.25) is 0 Å². The zero-order chi connectivity index (χ0) is 19.8. The Kier molecular flexibility index (Phi) is 4.80. The Morgan fingerprint density at radius 2 is 1.59 bits per heavy atom. The van der Waals surface area contributed by atoms with Crippen LogP contribution in [0.1, 0.15) is 24.0 Å². The van der Waals surface area contributed by atoms with E-state index in [1.54, 1.807) is 0 Å². The maximum Gasteiger partial charge on any atom is 0.225 e. The van der Waals surface area contributed by atoms with Crippen molar-refractivity contribution in [1.82, 2.24) is 15.3 Å². The van der Waals surface area contributed by atoms with Crippen LogP contribution in [-0.4, -0.2) is 35.6 Å². The molecule has 3 aromatic rings. The molecule has 2 aliphatic rings. The van der Waals surface area contributed by atoms with Crippen LogP contribution in [0.25, 0.3) is 22.4 Å². The number of rotatable bonds is 3. The van der Waals surface area contributed by atoms with Crippen LogP contribution in [0.4, 0.5) is 5.95 Å². The Morgan fingerprint density at radius 3 is 2.31 bits per heavy atom. The van der Waals surface area contributed by atoms with E-state index in [-0.39, 0.29) is 0 Å². The van der Waals surface area contributed by atoms with Gasteiger partial charge in [-0.1, -0.05) is 59.7 Å². The fraction of sp³-hybridized carbons (Fsp3) is 0.360. The quantitative estimate of drug-likeness (QED) is 0.716. The van der Waals surface area contributed by atoms with E-state index in [0.717, 1.165) is 48.0 Å². The topological polar surface area (TPSA) is 41.1 Å². The minimum Gasteiger partial charge on any atom is -0.340 e. The van der Waals surface area contributed by atoms with E-state index in [2.05, 4.69) is 72.6 Å². The molecule has 2 aromatic carbocycles. The van der Waals surface area contributed by atoms with E-state index in [1.807, 2.05) is 6.20 Å². The molecule has 2 fully saturated rings. The molecule has 2 aliphatic heterocycles. The summed E-state index contributed by atoms with van der Waals surface area (Å²) in [6, 6.07) is 18.0. The van der Waals surface area contributed by atoms with Crippen molar-refractivity contribution >= 4 is 5.95 Å². The highest BCUT2D eigenvalue weighted by Crippen LogP contribution is 2.33. The normalized spacial score (nSPS) is 21.2. The number of nitrogens with zero attached hydrogens (tertiary/aromatic N) is 3. The zero-order valence-electron chi connectivity index (χ0n) is 17.2. The lowest BCUT2D eigenvalue weighted by molar-refractivity contribution is 0.373. The molecule has 3 heterocycles. The lowest BCUT2D eigenvalue weighted by Crippen LogP contribution is -2.45. The van der Waals surface area contributed by atoms with E-state index in [9.17, 15) is 0 Å². The summed E-state index contributed by atoms with van der Waals surface area (Å²) in [5, 5.41) is 3.64. The first-order valence-corrected chi connectivity index (χ1v) is 10.7. The maximum atomic E-state index is 5.10. The van der Waals surface area contributed by atoms with Crippen LogP contribution in [0.15, 0.2) is 54.7 Å². The number of anilines is 1. The van der Waals surface area contributed by atoms with Gasteiger partial charge in [0.2, 0.25) is 5.95 Å². The van der Waals surface area contributed by atoms with Crippen molar-refractivity contribution in [3.05, 3.63) is 65.9 Å². The number of piperidine rings is 1. The molecule has 0 spiro atoms. The van der Waals surface area contributed by atoms with Gasteiger partial charge in [-0.3, -0.25) is 0 Å². The van der Waals surface area contributed by atoms with Crippen LogP contribution in [0.3, 0.4) is 0 Å². The molecule has 0 radical (unpaired) electrons. The van der Waals surface area contributed by atoms with E-state index in [0.29, 0.717) is 12.0 Å². The fourth-order valence-electron chi connectivity index (χ4n) is 4.63. The van der Waals surface area contributed by atoms with Crippen molar-refractivity contribution in [2.24, 2.45) is 5.92 Å². The predicted molar refractivity (Wildman–Crippen MR) is 119 cm³/mol. The number of hydrogen-bond donors (Lipinski definition) is 1. The summed E-state index contributed by atoms with van der Waals surface area (Å²) in [7, 11) is 0. The van der Waals surface area contributed by atoms with E-state index in [4.69, 9.17) is 9.97 Å². The summed E-state index contributed by atoms with van der Waals surface area (Å²) in [4.78, 5) is 12.3. The minimum absolute atomic E-state index is 0.676. The van der Waals surface area contributed by atoms with Gasteiger partial charge < -0.3 is 10.2 Å². The summed E-state index contributed by atoms with van der Waals surface area (Å²) in [6.07, 6.45) is 4.45. The van der Waals surface area contributed by atoms with Gasteiger partial charge >= 0.3 is 0 Å². The Bertz CT molecular complexity index is 994. The van der Waals surface area contributed by atoms with Crippen molar-refractivity contribution < 1.29 is 0 Å². The second-order valence-corrected chi connectivity index (χ2v) is 8.51. The lowest BCUT2D eigenvalue weighted by atomic mass is 9.93. The average molecular weight is 385 g/mol. The Morgan fingerprint density at radius 1 is 0.897 bits per heavy atom. The second kappa shape index (κ2) is 7.60. The molecule has 2 atom stereocenters. The van der Waals surface area contributed by atoms with E-state index in [1.165, 1.54) is 24.0 Å². The third-order valence-corrected chi connectivity index (χ3v) is 6.40. The molecule has 1 N–H and O–H groups in total. The third kappa shape index (κ3) is 3.65. The van der Waals surface area contributed by atoms with Gasteiger partial charge in [0.05, 0.1) is 5.69 Å². The van der Waals surface area contributed by atoms with Crippen LogP contribution >= 0.6 is 0 Å². The Labute approximate surface area is 173 Å². The standard InChI is InChI=1S/C25H28N4/c1-17-3-7-19(8-4-17)22-15-27-25(28-24(22)20-9-5-18(2)6-10-20)29-14-12-23-21(16-29)11-13-26-23/h3-10,15,21,23,26H,11-14,16H2,1-2H3. The molecule has 0 aliphatic carbocycles. The number of benzene rings is 2. The summed E-state index contributed by atoms with van der Waals surface area (Å²) in [5.74, 6) is 1.58. The molecule has 1 aromatic heterocycles. The number of fused-ring (bicyclic) bond motifs is 1. The van der Waals surface area contributed by atoms with Crippen molar-refractivity contribution in [3.63, 3.8) is 0 Å². The van der Waals surface area contributed by atoms with Gasteiger partial charge in [0, 0.05) is 36.5 Å². The molecule has 2 unspecified atom stereocenters. The molecule has 4 nitrogen and oxygen atoms in total. The molecule has 5 rings (SSSR count). The van der Waals surface area contributed by atoms with E-state index < -0.39 is 0 Å². The van der Waals surface area contributed by atoms with Gasteiger partial charge in [0.15, 0.2) is 0 Å². The van der Waals surface area contributed by atoms with E-state index >= 15 is 0 Å². The number of aromatic nitrogens is 2. The highest BCUT2D eigenvalue weighted by molar-refractivity contribution is 5.81. The fourth-order valence-corrected chi connectivity index (χ4v) is 4.63.